The van der Waals surface area contributed by atoms with Gasteiger partial charge in [0.2, 0.25) is 0 Å². The molecule has 1 saturated heterocycles. The predicted molar refractivity (Wildman–Crippen MR) is 572 cm³/mol. The topological polar surface area (TPSA) is 247 Å². The van der Waals surface area contributed by atoms with Crippen molar-refractivity contribution in [2.24, 2.45) is 21.1 Å². The average Bonchev–Trinajstić information content (AvgIpc) is 1.54. The summed E-state index contributed by atoms with van der Waals surface area (Å²) in [4.78, 5) is 54.7. The number of ether oxygens (including phenoxy) is 7. The molecule has 22 nitrogen and oxygen atoms in total. The maximum absolute atomic E-state index is 13.5. The number of thiazole rings is 3. The number of carbonyl (C=O) groups excluding carboxylic acids is 2. The van der Waals surface area contributed by atoms with E-state index >= 15 is 0 Å². The van der Waals surface area contributed by atoms with Crippen molar-refractivity contribution in [3.63, 3.8) is 0 Å². The highest BCUT2D eigenvalue weighted by Gasteiger charge is 2.52. The summed E-state index contributed by atoms with van der Waals surface area (Å²) in [5.41, 5.74) is 22.2. The van der Waals surface area contributed by atoms with Crippen LogP contribution in [0.5, 0.6) is 0 Å². The van der Waals surface area contributed by atoms with E-state index in [0.717, 1.165) is 192 Å². The van der Waals surface area contributed by atoms with Crippen molar-refractivity contribution in [3.05, 3.63) is 234 Å². The van der Waals surface area contributed by atoms with Gasteiger partial charge in [0.25, 0.3) is 0 Å². The van der Waals surface area contributed by atoms with Gasteiger partial charge in [-0.15, -0.1) is 34.0 Å². The lowest BCUT2D eigenvalue weighted by atomic mass is 9.73. The largest absolute Gasteiger partial charge is 0.490 e. The molecule has 0 bridgehead atoms. The average molecular weight is 2070 g/mol. The molecule has 4 aliphatic rings. The minimum Gasteiger partial charge on any atom is -0.479 e. The van der Waals surface area contributed by atoms with Crippen molar-refractivity contribution < 1.29 is 62.0 Å². The molecule has 30 heteroatoms. The number of carboxylic acid groups (broad SMARTS) is 1. The number of nitrogens with zero attached hydrogens (tertiary/aromatic N) is 9. The fourth-order valence-electron chi connectivity index (χ4n) is 18.1. The first-order valence-corrected chi connectivity index (χ1v) is 51.7. The minimum atomic E-state index is -1.16. The van der Waals surface area contributed by atoms with E-state index in [1.165, 1.54) is 35.9 Å². The van der Waals surface area contributed by atoms with E-state index in [4.69, 9.17) is 102 Å². The Morgan fingerprint density at radius 2 is 0.800 bits per heavy atom. The monoisotopic (exact) mass is 2060 g/mol. The van der Waals surface area contributed by atoms with Gasteiger partial charge in [0.1, 0.15) is 19.6 Å². The molecule has 0 radical (unpaired) electrons. The second kappa shape index (κ2) is 42.0. The molecule has 9 aromatic carbocycles. The maximum Gasteiger partial charge on any atom is 0.490 e. The van der Waals surface area contributed by atoms with Gasteiger partial charge >= 0.3 is 25.0 Å². The molecule has 1 fully saturated rings. The van der Waals surface area contributed by atoms with Crippen LogP contribution in [-0.4, -0.2) is 142 Å². The molecule has 9 heterocycles. The molecule has 730 valence electrons. The molecule has 0 spiro atoms. The van der Waals surface area contributed by atoms with Crippen molar-refractivity contribution in [2.75, 3.05) is 39.6 Å². The van der Waals surface area contributed by atoms with Crippen LogP contribution < -0.4 is 0 Å². The number of hydrogen-bond acceptors (Lipinski definition) is 21. The molecular weight excluding hydrogens is 1950 g/mol. The second-order valence-electron chi connectivity index (χ2n) is 39.5. The van der Waals surface area contributed by atoms with E-state index in [9.17, 15) is 19.5 Å². The van der Waals surface area contributed by atoms with Gasteiger partial charge in [-0.25, -0.2) is 29.3 Å². The van der Waals surface area contributed by atoms with Crippen molar-refractivity contribution >= 4 is 184 Å². The first-order valence-electron chi connectivity index (χ1n) is 47.3. The number of carboxylic acids is 1. The summed E-state index contributed by atoms with van der Waals surface area (Å²) in [6, 6.07) is 47.8. The Kier molecular flexibility index (Phi) is 30.8. The highest BCUT2D eigenvalue weighted by atomic mass is 79.9. The summed E-state index contributed by atoms with van der Waals surface area (Å²) < 4.78 is 62.4. The SMILES string of the molecule is CC1(C)OB(C2=CCCCC2)OC1(C)C.CCOC(=O)[C@@H](OC(C)(C)C)c1c(C)cc2nc(-c3ccc4c(c3)c(Br)nn4C)sc2c1-c1ccc(Cl)cc1.CCOC(=O)[C@@H](OC(C)(C)C)c1c(C)cc2nc(-c3ccc4c(c3)c(C3=CCOCC3)nn4C)sc2c1-c1ccc(Cl)cc1.Cc1cc2nc(-c3ccc4c(c3)c(C3=CCOCC3)nn4C)sc2c(-c2ccc(Cl)cc2)c1[C@H](OC(C)(C)C)C(=O)O. The summed E-state index contributed by atoms with van der Waals surface area (Å²) in [6.45, 7) is 38.3. The van der Waals surface area contributed by atoms with Crippen LogP contribution in [0.25, 0.3) is 140 Å². The number of esters is 2. The minimum absolute atomic E-state index is 0.102. The Balaban J connectivity index is 0.000000141. The molecule has 0 unspecified atom stereocenters. The Bertz CT molecular complexity index is 7320. The first kappa shape index (κ1) is 103. The molecule has 1 N–H and O–H groups in total. The van der Waals surface area contributed by atoms with Gasteiger partial charge < -0.3 is 47.6 Å². The van der Waals surface area contributed by atoms with E-state index in [2.05, 4.69) is 122 Å². The number of hydrogen-bond donors (Lipinski definition) is 1. The van der Waals surface area contributed by atoms with Crippen LogP contribution in [0.1, 0.15) is 205 Å². The smallest absolute Gasteiger partial charge is 0.479 e. The fourth-order valence-corrected chi connectivity index (χ4v) is 22.4. The Morgan fingerprint density at radius 3 is 1.13 bits per heavy atom. The first-order chi connectivity index (χ1) is 66.4. The van der Waals surface area contributed by atoms with Gasteiger partial charge in [-0.05, 0) is 338 Å². The van der Waals surface area contributed by atoms with E-state index in [0.29, 0.717) is 47.1 Å². The van der Waals surface area contributed by atoms with Crippen LogP contribution in [0.2, 0.25) is 15.1 Å². The van der Waals surface area contributed by atoms with E-state index < -0.39 is 53.0 Å². The Hall–Kier alpha value is -10.2. The van der Waals surface area contributed by atoms with E-state index in [-0.39, 0.29) is 31.5 Å². The number of benzene rings is 9. The molecule has 0 saturated carbocycles. The summed E-state index contributed by atoms with van der Waals surface area (Å²) in [7, 11) is 5.76. The predicted octanol–water partition coefficient (Wildman–Crippen LogP) is 28.7. The maximum atomic E-state index is 13.5. The standard InChI is InChI=1S/C35H36ClN3O4S.C33H32ClN3O4S.C30H29BrClN3O3S.C12H21BO2/c1-7-42-34(40)31(43-35(3,4)5)28-20(2)18-26-32(29(28)21-8-11-24(36)12-9-21)44-33(37-26)23-10-13-27-25(19-23)30(38-39(27)6)22-14-16-41-17-15-22;1-18-16-24-30(27(19-6-9-22(34)10-7-19)26(18)29(32(38)39)41-33(2,3)4)42-31(35-24)21-8-11-25-23(17-21)28(36-37(25)5)20-12-14-40-15-13-20;1-7-37-29(36)25(38-30(3,4)5)23-16(2)14-21-26(24(23)17-8-11-19(32)12-9-17)39-28(33-21)18-10-13-22-20(15-18)27(31)34-35(22)6;1-11(2)12(3,4)15-13(14-11)10-8-6-5-7-9-10/h8-14,18-19,31H,7,15-17H2,1-6H3;6-12,16-17,29H,13-15H2,1-5H3,(H,38,39);8-15,25H,7H2,1-6H3;8H,5-7,9H2,1-4H3/t31-;29-;25-;/m000./s1. The lowest BCUT2D eigenvalue weighted by Crippen LogP contribution is -2.41. The summed E-state index contributed by atoms with van der Waals surface area (Å²) in [5, 5.41) is 32.2. The normalized spacial score (nSPS) is 15.8. The highest BCUT2D eigenvalue weighted by Crippen LogP contribution is 2.51. The summed E-state index contributed by atoms with van der Waals surface area (Å²) in [5.74, 6) is -1.87. The molecule has 6 aromatic heterocycles. The van der Waals surface area contributed by atoms with Crippen molar-refractivity contribution in [1.82, 2.24) is 44.3 Å². The molecule has 140 heavy (non-hydrogen) atoms. The number of rotatable bonds is 20. The number of aliphatic carboxylic acids is 1. The van der Waals surface area contributed by atoms with Gasteiger partial charge in [-0.2, -0.15) is 15.3 Å². The van der Waals surface area contributed by atoms with E-state index in [1.807, 2.05) is 209 Å². The molecule has 3 aliphatic heterocycles. The van der Waals surface area contributed by atoms with Crippen LogP contribution in [0, 0.1) is 20.8 Å². The zero-order valence-electron chi connectivity index (χ0n) is 83.0. The zero-order chi connectivity index (χ0) is 100. The molecule has 3 atom stereocenters. The van der Waals surface area contributed by atoms with Crippen LogP contribution in [0.3, 0.4) is 0 Å². The van der Waals surface area contributed by atoms with Gasteiger partial charge in [0.15, 0.2) is 18.3 Å². The zero-order valence-corrected chi connectivity index (χ0v) is 89.3. The van der Waals surface area contributed by atoms with Crippen molar-refractivity contribution in [2.45, 2.75) is 209 Å². The van der Waals surface area contributed by atoms with Crippen molar-refractivity contribution in [1.29, 1.82) is 0 Å². The number of fused-ring (bicyclic) bond motifs is 6. The number of allylic oxidation sites excluding steroid dienone is 2. The number of carbonyl (C=O) groups is 3. The third-order valence-corrected chi connectivity index (χ3v) is 30.0. The number of aromatic nitrogens is 9. The van der Waals surface area contributed by atoms with Gasteiger partial charge in [-0.1, -0.05) is 89.4 Å². The van der Waals surface area contributed by atoms with Gasteiger partial charge in [-0.3, -0.25) is 14.0 Å². The van der Waals surface area contributed by atoms with E-state index in [1.54, 1.807) is 47.9 Å². The Morgan fingerprint density at radius 1 is 0.464 bits per heavy atom. The number of halogens is 4. The number of aryl methyl sites for hydroxylation is 6. The lowest BCUT2D eigenvalue weighted by molar-refractivity contribution is -0.167. The van der Waals surface area contributed by atoms with Crippen LogP contribution in [0.4, 0.5) is 0 Å². The molecule has 15 aromatic rings. The summed E-state index contributed by atoms with van der Waals surface area (Å²) in [6.07, 6.45) is 10.1. The molecule has 1 aliphatic carbocycles. The van der Waals surface area contributed by atoms with Crippen LogP contribution in [-0.2, 0) is 78.0 Å². The molecule has 0 amide bonds. The highest BCUT2D eigenvalue weighted by molar-refractivity contribution is 9.10. The van der Waals surface area contributed by atoms with Crippen LogP contribution in [0.15, 0.2) is 174 Å². The summed E-state index contributed by atoms with van der Waals surface area (Å²) >= 11 is 27.1. The lowest BCUT2D eigenvalue weighted by Gasteiger charge is -2.32. The van der Waals surface area contributed by atoms with Gasteiger partial charge in [0.05, 0.1) is 126 Å². The van der Waals surface area contributed by atoms with Crippen molar-refractivity contribution in [3.8, 4) is 65.1 Å². The quantitative estimate of drug-likeness (QED) is 0.0550. The second-order valence-corrected chi connectivity index (χ2v) is 44.6. The van der Waals surface area contributed by atoms with Gasteiger partial charge in [0, 0.05) is 102 Å². The Labute approximate surface area is 853 Å². The van der Waals surface area contributed by atoms with Crippen LogP contribution >= 0.6 is 84.7 Å². The fraction of sp³-hybridized carbons (Fsp3) is 0.373. The molecular formula is C110H118BBrCl3N9O13S3. The molecule has 19 rings (SSSR count). The third-order valence-electron chi connectivity index (χ3n) is 25.3. The third kappa shape index (κ3) is 22.4.